The molecule has 0 saturated carbocycles. The Bertz CT molecular complexity index is 692. The Kier molecular flexibility index (Phi) is 21.7. The number of cyclic esters (lactones) is 1. The molecule has 1 unspecified atom stereocenters. The van der Waals surface area contributed by atoms with Crippen molar-refractivity contribution in [3.8, 4) is 0 Å². The van der Waals surface area contributed by atoms with Crippen LogP contribution in [0.2, 0.25) is 0 Å². The molecule has 0 bridgehead atoms. The number of unbranched alkanes of at least 4 members (excludes halogenated alkanes) is 20. The van der Waals surface area contributed by atoms with Crippen LogP contribution >= 0.6 is 0 Å². The number of carbonyl (C=O) groups is 1. The highest BCUT2D eigenvalue weighted by Gasteiger charge is 2.34. The minimum atomic E-state index is -0.383. The van der Waals surface area contributed by atoms with Crippen molar-refractivity contribution >= 4 is 5.97 Å². The van der Waals surface area contributed by atoms with E-state index in [0.717, 1.165) is 56.9 Å². The van der Waals surface area contributed by atoms with Gasteiger partial charge in [-0.2, -0.15) is 0 Å². The summed E-state index contributed by atoms with van der Waals surface area (Å²) in [5, 5.41) is 21.2. The number of hydrogen-bond acceptors (Lipinski definition) is 5. The number of carbonyl (C=O) groups excluding carboxylic acids is 1. The van der Waals surface area contributed by atoms with Gasteiger partial charge in [-0.3, -0.25) is 0 Å². The summed E-state index contributed by atoms with van der Waals surface area (Å²) in [4.78, 5) is 11.6. The van der Waals surface area contributed by atoms with E-state index in [9.17, 15) is 15.0 Å². The zero-order chi connectivity index (χ0) is 30.3. The molecule has 246 valence electrons. The molecule has 0 amide bonds. The molecule has 5 nitrogen and oxygen atoms in total. The van der Waals surface area contributed by atoms with Gasteiger partial charge in [0, 0.05) is 5.57 Å². The lowest BCUT2D eigenvalue weighted by molar-refractivity contribution is -0.139. The van der Waals surface area contributed by atoms with Gasteiger partial charge in [-0.15, -0.1) is 0 Å². The highest BCUT2D eigenvalue weighted by Crippen LogP contribution is 2.28. The quantitative estimate of drug-likeness (QED) is 0.0698. The third-order valence-corrected chi connectivity index (χ3v) is 9.48. The number of rotatable bonds is 28. The molecule has 0 aromatic carbocycles. The Morgan fingerprint density at radius 1 is 0.643 bits per heavy atom. The molecule has 42 heavy (non-hydrogen) atoms. The van der Waals surface area contributed by atoms with Crippen molar-refractivity contribution in [1.82, 2.24) is 0 Å². The molecule has 2 aliphatic heterocycles. The van der Waals surface area contributed by atoms with Gasteiger partial charge in [0.05, 0.1) is 24.4 Å². The van der Waals surface area contributed by atoms with Crippen LogP contribution < -0.4 is 0 Å². The maximum atomic E-state index is 11.6. The summed E-state index contributed by atoms with van der Waals surface area (Å²) in [5.74, 6) is -0.111. The highest BCUT2D eigenvalue weighted by molar-refractivity contribution is 5.90. The molecule has 0 spiro atoms. The number of aliphatic hydroxyl groups is 2. The van der Waals surface area contributed by atoms with Gasteiger partial charge in [0.25, 0.3) is 0 Å². The van der Waals surface area contributed by atoms with Crippen LogP contribution in [0.25, 0.3) is 0 Å². The van der Waals surface area contributed by atoms with Crippen LogP contribution in [0.3, 0.4) is 0 Å². The van der Waals surface area contributed by atoms with Crippen molar-refractivity contribution in [3.63, 3.8) is 0 Å². The van der Waals surface area contributed by atoms with Crippen molar-refractivity contribution in [1.29, 1.82) is 0 Å². The smallest absolute Gasteiger partial charge is 0.334 e. The average molecular weight is 593 g/mol. The van der Waals surface area contributed by atoms with E-state index >= 15 is 0 Å². The molecule has 2 rings (SSSR count). The normalized spacial score (nSPS) is 22.0. The Labute approximate surface area is 259 Å². The topological polar surface area (TPSA) is 76.0 Å². The van der Waals surface area contributed by atoms with Crippen LogP contribution in [-0.2, 0) is 14.3 Å². The van der Waals surface area contributed by atoms with Gasteiger partial charge in [0.15, 0.2) is 0 Å². The molecule has 1 fully saturated rings. The summed E-state index contributed by atoms with van der Waals surface area (Å²) >= 11 is 0. The summed E-state index contributed by atoms with van der Waals surface area (Å²) in [6.07, 6.45) is 33.4. The van der Waals surface area contributed by atoms with Gasteiger partial charge < -0.3 is 19.7 Å². The number of hydrogen-bond donors (Lipinski definition) is 2. The lowest BCUT2D eigenvalue weighted by Gasteiger charge is -2.22. The second kappa shape index (κ2) is 24.4. The molecule has 2 N–H and O–H groups in total. The molecule has 0 aromatic heterocycles. The first-order valence-electron chi connectivity index (χ1n) is 18.4. The molecule has 0 radical (unpaired) electrons. The summed E-state index contributed by atoms with van der Waals surface area (Å²) in [6.45, 7) is 4.19. The lowest BCUT2D eigenvalue weighted by atomic mass is 10.00. The Morgan fingerprint density at radius 3 is 1.40 bits per heavy atom. The first-order chi connectivity index (χ1) is 20.5. The molecule has 0 aromatic rings. The second-order valence-electron chi connectivity index (χ2n) is 13.5. The van der Waals surface area contributed by atoms with Gasteiger partial charge in [-0.1, -0.05) is 142 Å². The van der Waals surface area contributed by atoms with E-state index in [2.05, 4.69) is 6.92 Å². The minimum Gasteiger partial charge on any atom is -0.455 e. The fraction of sp³-hybridized carbons (Fsp3) is 0.919. The van der Waals surface area contributed by atoms with E-state index < -0.39 is 0 Å². The van der Waals surface area contributed by atoms with Crippen LogP contribution in [-0.4, -0.2) is 46.7 Å². The van der Waals surface area contributed by atoms with E-state index in [4.69, 9.17) is 9.47 Å². The van der Waals surface area contributed by atoms with E-state index in [1.807, 2.05) is 13.0 Å². The molecular weight excluding hydrogens is 524 g/mol. The molecule has 0 aliphatic carbocycles. The van der Waals surface area contributed by atoms with E-state index in [1.165, 1.54) is 122 Å². The van der Waals surface area contributed by atoms with Crippen LogP contribution in [0, 0.1) is 0 Å². The molecular formula is C37H68O5. The van der Waals surface area contributed by atoms with Crippen molar-refractivity contribution in [2.24, 2.45) is 0 Å². The van der Waals surface area contributed by atoms with E-state index in [1.54, 1.807) is 0 Å². The maximum Gasteiger partial charge on any atom is 0.334 e. The van der Waals surface area contributed by atoms with Gasteiger partial charge in [0.1, 0.15) is 6.10 Å². The molecule has 1 saturated heterocycles. The second-order valence-corrected chi connectivity index (χ2v) is 13.5. The SMILES string of the molecule is CCCCCCCCCCCC[C@H](O)[C@@H]1CC[C@H]([C@H](O)CCCCCCCCCCCCCCC2=CC(C)OC2=O)O1. The van der Waals surface area contributed by atoms with Gasteiger partial charge in [-0.05, 0) is 51.5 Å². The molecule has 5 heteroatoms. The molecule has 2 aliphatic rings. The first-order valence-corrected chi connectivity index (χ1v) is 18.4. The fourth-order valence-corrected chi connectivity index (χ4v) is 6.72. The summed E-state index contributed by atoms with van der Waals surface area (Å²) in [6, 6.07) is 0. The first kappa shape index (κ1) is 37.3. The lowest BCUT2D eigenvalue weighted by Crippen LogP contribution is -2.31. The Balaban J connectivity index is 1.32. The number of aliphatic hydroxyl groups excluding tert-OH is 2. The van der Waals surface area contributed by atoms with Crippen LogP contribution in [0.4, 0.5) is 0 Å². The third-order valence-electron chi connectivity index (χ3n) is 9.48. The van der Waals surface area contributed by atoms with Gasteiger partial charge in [0.2, 0.25) is 0 Å². The largest absolute Gasteiger partial charge is 0.455 e. The third kappa shape index (κ3) is 17.4. The van der Waals surface area contributed by atoms with Crippen molar-refractivity contribution in [2.75, 3.05) is 0 Å². The zero-order valence-corrected chi connectivity index (χ0v) is 27.7. The molecule has 2 heterocycles. The minimum absolute atomic E-state index is 0.0387. The standard InChI is InChI=1S/C37H68O5/c1-3-4-5-6-7-8-14-17-20-23-26-33(38)35-28-29-36(42-35)34(39)27-24-21-18-15-12-10-9-11-13-16-19-22-25-32-30-31(2)41-37(32)40/h30-31,33-36,38-39H,3-29H2,1-2H3/t31?,33-,34+,35-,36+/m0/s1. The van der Waals surface area contributed by atoms with Crippen LogP contribution in [0.15, 0.2) is 11.6 Å². The van der Waals surface area contributed by atoms with Crippen molar-refractivity contribution < 1.29 is 24.5 Å². The van der Waals surface area contributed by atoms with Crippen LogP contribution in [0.5, 0.6) is 0 Å². The summed E-state index contributed by atoms with van der Waals surface area (Å²) < 4.78 is 11.3. The van der Waals surface area contributed by atoms with Gasteiger partial charge in [-0.25, -0.2) is 4.79 Å². The van der Waals surface area contributed by atoms with E-state index in [-0.39, 0.29) is 36.5 Å². The van der Waals surface area contributed by atoms with Crippen molar-refractivity contribution in [2.45, 2.75) is 218 Å². The maximum absolute atomic E-state index is 11.6. The molecule has 5 atom stereocenters. The highest BCUT2D eigenvalue weighted by atomic mass is 16.5. The fourth-order valence-electron chi connectivity index (χ4n) is 6.72. The average Bonchev–Trinajstić information content (AvgIpc) is 3.60. The predicted octanol–water partition coefficient (Wildman–Crippen LogP) is 9.90. The van der Waals surface area contributed by atoms with E-state index in [0.29, 0.717) is 0 Å². The Hall–Kier alpha value is -0.910. The number of ether oxygens (including phenoxy) is 2. The summed E-state index contributed by atoms with van der Waals surface area (Å²) in [7, 11) is 0. The monoisotopic (exact) mass is 593 g/mol. The van der Waals surface area contributed by atoms with Crippen LogP contribution in [0.1, 0.15) is 187 Å². The van der Waals surface area contributed by atoms with Crippen molar-refractivity contribution in [3.05, 3.63) is 11.6 Å². The predicted molar refractivity (Wildman–Crippen MR) is 175 cm³/mol. The summed E-state index contributed by atoms with van der Waals surface area (Å²) in [5.41, 5.74) is 0.877. The Morgan fingerprint density at radius 2 is 1.02 bits per heavy atom. The zero-order valence-electron chi connectivity index (χ0n) is 27.7. The van der Waals surface area contributed by atoms with Gasteiger partial charge >= 0.3 is 5.97 Å². The number of esters is 1.